The predicted octanol–water partition coefficient (Wildman–Crippen LogP) is 3.75. The number of aromatic nitrogens is 5. The molecule has 0 aliphatic carbocycles. The minimum Gasteiger partial charge on any atom is -0.485 e. The summed E-state index contributed by atoms with van der Waals surface area (Å²) in [5, 5.41) is 7.63. The second-order valence-corrected chi connectivity index (χ2v) is 10.3. The summed E-state index contributed by atoms with van der Waals surface area (Å²) in [6, 6.07) is 0. The molecule has 1 amide bonds. The molecule has 4 rings (SSSR count). The molecule has 2 atom stereocenters. The van der Waals surface area contributed by atoms with Gasteiger partial charge >= 0.3 is 6.09 Å². The Hall–Kier alpha value is -2.73. The Morgan fingerprint density at radius 3 is 2.91 bits per heavy atom. The third-order valence-corrected chi connectivity index (χ3v) is 6.60. The van der Waals surface area contributed by atoms with Crippen LogP contribution < -0.4 is 10.5 Å². The number of aromatic amines is 1. The van der Waals surface area contributed by atoms with E-state index >= 15 is 0 Å². The van der Waals surface area contributed by atoms with Gasteiger partial charge in [-0.15, -0.1) is 0 Å². The van der Waals surface area contributed by atoms with Crippen molar-refractivity contribution >= 4 is 46.3 Å². The van der Waals surface area contributed by atoms with E-state index in [1.54, 1.807) is 22.9 Å². The molecule has 1 saturated heterocycles. The summed E-state index contributed by atoms with van der Waals surface area (Å²) in [5.74, 6) is 1.74. The van der Waals surface area contributed by atoms with Gasteiger partial charge in [-0.3, -0.25) is 0 Å². The van der Waals surface area contributed by atoms with E-state index in [4.69, 9.17) is 26.8 Å². The molecule has 33 heavy (non-hydrogen) atoms. The van der Waals surface area contributed by atoms with E-state index in [9.17, 15) is 4.79 Å². The number of thioether (sulfide) groups is 1. The number of halogens is 1. The molecule has 1 fully saturated rings. The fourth-order valence-electron chi connectivity index (χ4n) is 3.48. The van der Waals surface area contributed by atoms with E-state index in [2.05, 4.69) is 29.9 Å². The van der Waals surface area contributed by atoms with Crippen LogP contribution in [0.2, 0.25) is 5.15 Å². The highest BCUT2D eigenvalue weighted by Crippen LogP contribution is 2.34. The number of carbonyl (C=O) groups is 1. The van der Waals surface area contributed by atoms with Crippen LogP contribution in [0.4, 0.5) is 10.6 Å². The largest absolute Gasteiger partial charge is 0.485 e. The van der Waals surface area contributed by atoms with Crippen molar-refractivity contribution in [3.63, 3.8) is 0 Å². The van der Waals surface area contributed by atoms with E-state index in [1.807, 2.05) is 27.7 Å². The predicted molar refractivity (Wildman–Crippen MR) is 125 cm³/mol. The number of hydrogen-bond acceptors (Lipinski definition) is 10. The zero-order chi connectivity index (χ0) is 23.8. The van der Waals surface area contributed by atoms with Gasteiger partial charge in [-0.05, 0) is 37.5 Å². The Labute approximate surface area is 199 Å². The topological polar surface area (TPSA) is 145 Å². The number of carbonyl (C=O) groups excluding carboxylic acids is 1. The number of amides is 1. The van der Waals surface area contributed by atoms with Crippen LogP contribution >= 0.6 is 23.4 Å². The van der Waals surface area contributed by atoms with Crippen LogP contribution in [0.5, 0.6) is 5.75 Å². The first kappa shape index (κ1) is 23.4. The highest BCUT2D eigenvalue weighted by molar-refractivity contribution is 8.00. The van der Waals surface area contributed by atoms with E-state index in [1.165, 1.54) is 0 Å². The van der Waals surface area contributed by atoms with E-state index in [-0.39, 0.29) is 34.1 Å². The first-order valence-corrected chi connectivity index (χ1v) is 12.0. The summed E-state index contributed by atoms with van der Waals surface area (Å²) in [4.78, 5) is 26.1. The number of rotatable bonds is 5. The van der Waals surface area contributed by atoms with Gasteiger partial charge in [0.05, 0.1) is 11.4 Å². The molecular formula is C20H26ClN7O4S. The van der Waals surface area contributed by atoms with E-state index < -0.39 is 5.60 Å². The minimum absolute atomic E-state index is 0.0553. The number of anilines is 1. The molecule has 178 valence electrons. The monoisotopic (exact) mass is 495 g/mol. The standard InChI is InChI=1S/C20H26ClN7O4S/c1-5-10(12-9-28(6-7-33-12)19(29)31-20(2,3)4)30-11-8-23-16(21)14-13(11)24-18(25-14)15-17(22)27-32-26-15/h8,10,12H,5-7,9H2,1-4H3,(H2,22,27)(H,24,25). The SMILES string of the molecule is CCC(Oc1cnc(Cl)c2nc(-c3nonc3N)[nH]c12)C1CN(C(=O)OC(C)(C)C)CCS1. The van der Waals surface area contributed by atoms with Crippen molar-refractivity contribution < 1.29 is 18.9 Å². The Balaban J connectivity index is 1.56. The number of H-pyrrole nitrogens is 1. The third-order valence-electron chi connectivity index (χ3n) is 5.02. The normalized spacial score (nSPS) is 17.8. The first-order chi connectivity index (χ1) is 15.7. The van der Waals surface area contributed by atoms with Crippen molar-refractivity contribution in [2.24, 2.45) is 0 Å². The van der Waals surface area contributed by atoms with Gasteiger partial charge in [-0.2, -0.15) is 11.8 Å². The fraction of sp³-hybridized carbons (Fsp3) is 0.550. The molecule has 0 spiro atoms. The number of imidazole rings is 1. The number of nitrogens with one attached hydrogen (secondary N) is 1. The average Bonchev–Trinajstić information content (AvgIpc) is 3.39. The molecule has 3 aromatic heterocycles. The maximum absolute atomic E-state index is 12.6. The minimum atomic E-state index is -0.542. The molecule has 0 aromatic carbocycles. The van der Waals surface area contributed by atoms with Crippen molar-refractivity contribution in [1.29, 1.82) is 0 Å². The fourth-order valence-corrected chi connectivity index (χ4v) is 5.04. The summed E-state index contributed by atoms with van der Waals surface area (Å²) >= 11 is 8.04. The van der Waals surface area contributed by atoms with Crippen molar-refractivity contribution in [1.82, 2.24) is 30.2 Å². The lowest BCUT2D eigenvalue weighted by atomic mass is 10.1. The van der Waals surface area contributed by atoms with Crippen LogP contribution in [0.25, 0.3) is 22.6 Å². The van der Waals surface area contributed by atoms with Crippen molar-refractivity contribution in [2.45, 2.75) is 51.1 Å². The zero-order valence-corrected chi connectivity index (χ0v) is 20.4. The Kier molecular flexibility index (Phi) is 6.57. The molecule has 0 radical (unpaired) electrons. The van der Waals surface area contributed by atoms with Gasteiger partial charge in [0.1, 0.15) is 22.7 Å². The molecule has 2 unspecified atom stereocenters. The number of nitrogen functional groups attached to an aromatic ring is 1. The van der Waals surface area contributed by atoms with Gasteiger partial charge in [0.15, 0.2) is 28.2 Å². The molecule has 1 aliphatic rings. The van der Waals surface area contributed by atoms with Gasteiger partial charge in [0, 0.05) is 18.8 Å². The lowest BCUT2D eigenvalue weighted by Crippen LogP contribution is -2.48. The van der Waals surface area contributed by atoms with Crippen LogP contribution in [-0.2, 0) is 4.74 Å². The highest BCUT2D eigenvalue weighted by Gasteiger charge is 2.33. The van der Waals surface area contributed by atoms with Crippen LogP contribution in [0.3, 0.4) is 0 Å². The average molecular weight is 496 g/mol. The molecule has 0 saturated carbocycles. The lowest BCUT2D eigenvalue weighted by Gasteiger charge is -2.36. The second kappa shape index (κ2) is 9.26. The van der Waals surface area contributed by atoms with Crippen molar-refractivity contribution in [3.8, 4) is 17.3 Å². The van der Waals surface area contributed by atoms with Crippen molar-refractivity contribution in [3.05, 3.63) is 11.3 Å². The number of hydrogen-bond donors (Lipinski definition) is 2. The van der Waals surface area contributed by atoms with Crippen molar-refractivity contribution in [2.75, 3.05) is 24.6 Å². The summed E-state index contributed by atoms with van der Waals surface area (Å²) in [6.45, 7) is 8.78. The number of nitrogens with two attached hydrogens (primary N) is 1. The van der Waals surface area contributed by atoms with Crippen LogP contribution in [0.15, 0.2) is 10.8 Å². The summed E-state index contributed by atoms with van der Waals surface area (Å²) in [5.41, 5.74) is 6.52. The molecule has 11 nitrogen and oxygen atoms in total. The van der Waals surface area contributed by atoms with Gasteiger partial charge in [-0.25, -0.2) is 19.4 Å². The Morgan fingerprint density at radius 1 is 1.45 bits per heavy atom. The molecule has 3 N–H and O–H groups in total. The Bertz CT molecular complexity index is 1150. The summed E-state index contributed by atoms with van der Waals surface area (Å²) in [6.07, 6.45) is 1.79. The third kappa shape index (κ3) is 5.11. The molecule has 13 heteroatoms. The van der Waals surface area contributed by atoms with Gasteiger partial charge < -0.3 is 25.1 Å². The van der Waals surface area contributed by atoms with Crippen LogP contribution in [0, 0.1) is 0 Å². The van der Waals surface area contributed by atoms with Crippen LogP contribution in [-0.4, -0.2) is 72.1 Å². The maximum atomic E-state index is 12.6. The first-order valence-electron chi connectivity index (χ1n) is 10.5. The molecular weight excluding hydrogens is 470 g/mol. The molecule has 1 aliphatic heterocycles. The highest BCUT2D eigenvalue weighted by atomic mass is 35.5. The van der Waals surface area contributed by atoms with E-state index in [0.29, 0.717) is 35.7 Å². The van der Waals surface area contributed by atoms with Crippen LogP contribution in [0.1, 0.15) is 34.1 Å². The summed E-state index contributed by atoms with van der Waals surface area (Å²) < 4.78 is 16.6. The molecule has 0 bridgehead atoms. The molecule has 4 heterocycles. The van der Waals surface area contributed by atoms with E-state index in [0.717, 1.165) is 12.2 Å². The summed E-state index contributed by atoms with van der Waals surface area (Å²) in [7, 11) is 0. The molecule has 3 aromatic rings. The zero-order valence-electron chi connectivity index (χ0n) is 18.8. The van der Waals surface area contributed by atoms with Gasteiger partial charge in [0.2, 0.25) is 0 Å². The second-order valence-electron chi connectivity index (χ2n) is 8.62. The van der Waals surface area contributed by atoms with Gasteiger partial charge in [-0.1, -0.05) is 18.5 Å². The lowest BCUT2D eigenvalue weighted by molar-refractivity contribution is 0.0236. The smallest absolute Gasteiger partial charge is 0.410 e. The number of nitrogens with zero attached hydrogens (tertiary/aromatic N) is 5. The quantitative estimate of drug-likeness (QED) is 0.501. The van der Waals surface area contributed by atoms with Gasteiger partial charge in [0.25, 0.3) is 0 Å². The number of ether oxygens (including phenoxy) is 2. The maximum Gasteiger partial charge on any atom is 0.410 e. The number of pyridine rings is 1. The number of fused-ring (bicyclic) bond motifs is 1. The Morgan fingerprint density at radius 2 is 2.24 bits per heavy atom.